The molecule has 16 heavy (non-hydrogen) atoms. The van der Waals surface area contributed by atoms with Gasteiger partial charge in [-0.15, -0.1) is 0 Å². The summed E-state index contributed by atoms with van der Waals surface area (Å²) in [7, 11) is 3.28. The highest BCUT2D eigenvalue weighted by Crippen LogP contribution is 2.08. The first-order valence-electron chi connectivity index (χ1n) is 5.47. The van der Waals surface area contributed by atoms with Crippen LogP contribution in [0.4, 0.5) is 0 Å². The van der Waals surface area contributed by atoms with E-state index in [-0.39, 0.29) is 17.0 Å². The summed E-state index contributed by atoms with van der Waals surface area (Å²) >= 11 is 0. The van der Waals surface area contributed by atoms with E-state index >= 15 is 0 Å². The molecule has 0 radical (unpaired) electrons. The molecule has 0 aliphatic carbocycles. The normalized spacial score (nSPS) is 10.2. The molecule has 0 aliphatic rings. The number of carbonyl (C=O) groups is 1. The zero-order valence-corrected chi connectivity index (χ0v) is 10.3. The number of nitrogens with one attached hydrogen (secondary N) is 1. The van der Waals surface area contributed by atoms with Crippen molar-refractivity contribution in [1.82, 2.24) is 9.88 Å². The Hall–Kier alpha value is -1.58. The second-order valence-electron chi connectivity index (χ2n) is 3.92. The van der Waals surface area contributed by atoms with E-state index < -0.39 is 0 Å². The number of rotatable bonds is 3. The Bertz CT molecular complexity index is 447. The largest absolute Gasteiger partial charge is 0.345 e. The first-order chi connectivity index (χ1) is 7.51. The van der Waals surface area contributed by atoms with E-state index in [0.717, 1.165) is 24.1 Å². The number of aromatic amines is 1. The van der Waals surface area contributed by atoms with Crippen molar-refractivity contribution in [1.29, 1.82) is 0 Å². The van der Waals surface area contributed by atoms with Crippen molar-refractivity contribution in [2.75, 3.05) is 14.1 Å². The summed E-state index contributed by atoms with van der Waals surface area (Å²) < 4.78 is 0. The number of hydrogen-bond donors (Lipinski definition) is 1. The molecule has 0 atom stereocenters. The van der Waals surface area contributed by atoms with Gasteiger partial charge in [0.25, 0.3) is 11.5 Å². The number of amides is 1. The maximum atomic E-state index is 11.7. The van der Waals surface area contributed by atoms with Gasteiger partial charge in [0.1, 0.15) is 5.56 Å². The molecular formula is C12H18N2O2. The summed E-state index contributed by atoms with van der Waals surface area (Å²) in [5.41, 5.74) is 1.88. The van der Waals surface area contributed by atoms with Crippen molar-refractivity contribution in [3.63, 3.8) is 0 Å². The van der Waals surface area contributed by atoms with E-state index in [9.17, 15) is 9.59 Å². The van der Waals surface area contributed by atoms with Gasteiger partial charge in [-0.25, -0.2) is 0 Å². The number of aryl methyl sites for hydroxylation is 2. The highest BCUT2D eigenvalue weighted by molar-refractivity contribution is 5.93. The Morgan fingerprint density at radius 3 is 2.38 bits per heavy atom. The van der Waals surface area contributed by atoms with Crippen LogP contribution < -0.4 is 5.56 Å². The lowest BCUT2D eigenvalue weighted by molar-refractivity contribution is 0.0825. The van der Waals surface area contributed by atoms with Crippen LogP contribution in [0.1, 0.15) is 35.5 Å². The van der Waals surface area contributed by atoms with Crippen LogP contribution in [0.5, 0.6) is 0 Å². The van der Waals surface area contributed by atoms with Gasteiger partial charge in [-0.3, -0.25) is 9.59 Å². The fraction of sp³-hybridized carbons (Fsp3) is 0.500. The van der Waals surface area contributed by atoms with E-state index in [1.165, 1.54) is 4.90 Å². The molecule has 1 aromatic heterocycles. The first-order valence-corrected chi connectivity index (χ1v) is 5.47. The van der Waals surface area contributed by atoms with Crippen molar-refractivity contribution in [3.8, 4) is 0 Å². The van der Waals surface area contributed by atoms with Crippen molar-refractivity contribution in [2.45, 2.75) is 26.7 Å². The summed E-state index contributed by atoms with van der Waals surface area (Å²) in [6.07, 6.45) is 1.59. The van der Waals surface area contributed by atoms with Crippen LogP contribution in [0.15, 0.2) is 10.9 Å². The number of pyridine rings is 1. The van der Waals surface area contributed by atoms with Gasteiger partial charge in [-0.1, -0.05) is 13.8 Å². The van der Waals surface area contributed by atoms with Crippen LogP contribution in [0.2, 0.25) is 0 Å². The van der Waals surface area contributed by atoms with Gasteiger partial charge in [0, 0.05) is 19.8 Å². The lowest BCUT2D eigenvalue weighted by Crippen LogP contribution is -2.29. The Balaban J connectivity index is 3.32. The third-order valence-corrected chi connectivity index (χ3v) is 2.59. The van der Waals surface area contributed by atoms with Crippen LogP contribution in [-0.2, 0) is 12.8 Å². The second kappa shape index (κ2) is 4.96. The van der Waals surface area contributed by atoms with Crippen molar-refractivity contribution >= 4 is 5.91 Å². The van der Waals surface area contributed by atoms with Gasteiger partial charge in [0.05, 0.1) is 0 Å². The molecule has 1 amide bonds. The maximum absolute atomic E-state index is 11.7. The molecule has 88 valence electrons. The molecule has 0 saturated carbocycles. The Kier molecular flexibility index (Phi) is 3.88. The van der Waals surface area contributed by atoms with Gasteiger partial charge < -0.3 is 9.88 Å². The Morgan fingerprint density at radius 2 is 1.94 bits per heavy atom. The van der Waals surface area contributed by atoms with Gasteiger partial charge in [0.15, 0.2) is 0 Å². The topological polar surface area (TPSA) is 53.2 Å². The summed E-state index contributed by atoms with van der Waals surface area (Å²) in [5, 5.41) is 0. The highest BCUT2D eigenvalue weighted by Gasteiger charge is 2.14. The van der Waals surface area contributed by atoms with Crippen LogP contribution in [0.25, 0.3) is 0 Å². The van der Waals surface area contributed by atoms with Gasteiger partial charge >= 0.3 is 0 Å². The lowest BCUT2D eigenvalue weighted by Gasteiger charge is -2.12. The third kappa shape index (κ3) is 2.32. The molecule has 1 aromatic rings. The predicted molar refractivity (Wildman–Crippen MR) is 63.8 cm³/mol. The predicted octanol–water partition coefficient (Wildman–Crippen LogP) is 1.20. The molecule has 0 spiro atoms. The summed E-state index contributed by atoms with van der Waals surface area (Å²) in [5.74, 6) is -0.251. The van der Waals surface area contributed by atoms with E-state index in [1.54, 1.807) is 20.2 Å². The number of H-pyrrole nitrogens is 1. The molecule has 1 heterocycles. The molecule has 0 saturated heterocycles. The minimum atomic E-state index is -0.298. The fourth-order valence-corrected chi connectivity index (χ4v) is 1.64. The van der Waals surface area contributed by atoms with Crippen LogP contribution in [-0.4, -0.2) is 29.9 Å². The number of carbonyl (C=O) groups excluding carboxylic acids is 1. The average molecular weight is 222 g/mol. The fourth-order valence-electron chi connectivity index (χ4n) is 1.64. The third-order valence-electron chi connectivity index (χ3n) is 2.59. The molecule has 0 fully saturated rings. The molecule has 4 nitrogen and oxygen atoms in total. The molecular weight excluding hydrogens is 204 g/mol. The summed E-state index contributed by atoms with van der Waals surface area (Å²) in [6.45, 7) is 3.99. The van der Waals surface area contributed by atoms with Crippen molar-refractivity contribution in [2.24, 2.45) is 0 Å². The smallest absolute Gasteiger partial charge is 0.261 e. The van der Waals surface area contributed by atoms with Gasteiger partial charge in [0.2, 0.25) is 0 Å². The maximum Gasteiger partial charge on any atom is 0.261 e. The van der Waals surface area contributed by atoms with E-state index in [0.29, 0.717) is 0 Å². The second-order valence-corrected chi connectivity index (χ2v) is 3.92. The van der Waals surface area contributed by atoms with E-state index in [2.05, 4.69) is 4.98 Å². The van der Waals surface area contributed by atoms with Crippen LogP contribution >= 0.6 is 0 Å². The van der Waals surface area contributed by atoms with Crippen LogP contribution in [0.3, 0.4) is 0 Å². The zero-order valence-electron chi connectivity index (χ0n) is 10.3. The molecule has 1 rings (SSSR count). The highest BCUT2D eigenvalue weighted by atomic mass is 16.2. The molecule has 4 heteroatoms. The monoisotopic (exact) mass is 222 g/mol. The standard InChI is InChI=1S/C12H18N2O2/c1-5-8-7-9(12(16)14(3)4)11(15)13-10(8)6-2/h7H,5-6H2,1-4H3,(H,13,15). The zero-order chi connectivity index (χ0) is 12.3. The molecule has 0 aromatic carbocycles. The average Bonchev–Trinajstić information content (AvgIpc) is 2.27. The summed E-state index contributed by atoms with van der Waals surface area (Å²) in [6, 6.07) is 1.71. The Morgan fingerprint density at radius 1 is 1.31 bits per heavy atom. The summed E-state index contributed by atoms with van der Waals surface area (Å²) in [4.78, 5) is 27.6. The molecule has 1 N–H and O–H groups in total. The minimum Gasteiger partial charge on any atom is -0.345 e. The van der Waals surface area contributed by atoms with E-state index in [4.69, 9.17) is 0 Å². The van der Waals surface area contributed by atoms with Crippen molar-refractivity contribution < 1.29 is 4.79 Å². The molecule has 0 aliphatic heterocycles. The quantitative estimate of drug-likeness (QED) is 0.835. The lowest BCUT2D eigenvalue weighted by atomic mass is 10.1. The molecule has 0 bridgehead atoms. The SMILES string of the molecule is CCc1cc(C(=O)N(C)C)c(=O)[nH]c1CC. The van der Waals surface area contributed by atoms with Crippen LogP contribution in [0, 0.1) is 0 Å². The van der Waals surface area contributed by atoms with Crippen molar-refractivity contribution in [3.05, 3.63) is 33.2 Å². The van der Waals surface area contributed by atoms with Gasteiger partial charge in [-0.2, -0.15) is 0 Å². The van der Waals surface area contributed by atoms with Gasteiger partial charge in [-0.05, 0) is 24.5 Å². The number of aromatic nitrogens is 1. The van der Waals surface area contributed by atoms with E-state index in [1.807, 2.05) is 13.8 Å². The minimum absolute atomic E-state index is 0.221. The number of hydrogen-bond acceptors (Lipinski definition) is 2. The first kappa shape index (κ1) is 12.5. The Labute approximate surface area is 95.3 Å². The number of nitrogens with zero attached hydrogens (tertiary/aromatic N) is 1. The molecule has 0 unspecified atom stereocenters.